The van der Waals surface area contributed by atoms with Crippen molar-refractivity contribution in [2.24, 2.45) is 0 Å². The van der Waals surface area contributed by atoms with Crippen LogP contribution in [0.1, 0.15) is 22.3 Å². The molecule has 0 saturated heterocycles. The van der Waals surface area contributed by atoms with Gasteiger partial charge in [0.15, 0.2) is 0 Å². The molecule has 192 valence electrons. The second kappa shape index (κ2) is 13.4. The summed E-state index contributed by atoms with van der Waals surface area (Å²) in [5, 5.41) is 2.64. The Labute approximate surface area is 211 Å². The van der Waals surface area contributed by atoms with Crippen LogP contribution in [0.5, 0.6) is 5.75 Å². The van der Waals surface area contributed by atoms with Gasteiger partial charge in [0.1, 0.15) is 16.7 Å². The summed E-state index contributed by atoms with van der Waals surface area (Å²) in [5.74, 6) is -0.558. The molecule has 2 aromatic rings. The van der Waals surface area contributed by atoms with Crippen molar-refractivity contribution >= 4 is 22.8 Å². The van der Waals surface area contributed by atoms with Crippen molar-refractivity contribution in [3.8, 4) is 5.75 Å². The van der Waals surface area contributed by atoms with Gasteiger partial charge in [-0.25, -0.2) is 8.51 Å². The Hall–Kier alpha value is -2.75. The lowest BCUT2D eigenvalue weighted by Gasteiger charge is -2.20. The number of carbonyl (C=O) groups excluding carboxylic acids is 2. The van der Waals surface area contributed by atoms with Gasteiger partial charge >= 0.3 is 11.8 Å². The summed E-state index contributed by atoms with van der Waals surface area (Å²) in [4.78, 5) is 29.1. The van der Waals surface area contributed by atoms with Gasteiger partial charge in [-0.3, -0.25) is 9.59 Å². The third kappa shape index (κ3) is 8.45. The molecule has 0 aliphatic rings. The molecule has 1 unspecified atom stereocenters. The van der Waals surface area contributed by atoms with E-state index in [2.05, 4.69) is 22.3 Å². The van der Waals surface area contributed by atoms with E-state index in [1.807, 2.05) is 52.2 Å². The van der Waals surface area contributed by atoms with Crippen LogP contribution >= 0.6 is 0 Å². The fourth-order valence-corrected chi connectivity index (χ4v) is 4.87. The molecule has 2 aromatic carbocycles. The van der Waals surface area contributed by atoms with E-state index in [1.165, 1.54) is 10.5 Å². The predicted octanol–water partition coefficient (Wildman–Crippen LogP) is 2.15. The SMILES string of the molecule is COc1cc(C)c(S(=O)N(C)CCNC(=O)C(=O)N(C)Cc2ccc(CCN(C)C)cc2)c(C)c1. The Morgan fingerprint density at radius 3 is 2.06 bits per heavy atom. The van der Waals surface area contributed by atoms with E-state index >= 15 is 0 Å². The van der Waals surface area contributed by atoms with Crippen LogP contribution in [0.15, 0.2) is 41.3 Å². The number of hydrogen-bond donors (Lipinski definition) is 1. The molecule has 2 amide bonds. The fraction of sp³-hybridized carbons (Fsp3) is 0.462. The first kappa shape index (κ1) is 28.5. The average Bonchev–Trinajstić information content (AvgIpc) is 2.82. The lowest BCUT2D eigenvalue weighted by atomic mass is 10.1. The minimum absolute atomic E-state index is 0.204. The number of nitrogens with one attached hydrogen (secondary N) is 1. The van der Waals surface area contributed by atoms with Crippen molar-refractivity contribution in [1.29, 1.82) is 0 Å². The topological polar surface area (TPSA) is 82.2 Å². The number of ether oxygens (including phenoxy) is 1. The number of methoxy groups -OCH3 is 1. The van der Waals surface area contributed by atoms with Crippen LogP contribution in [0.25, 0.3) is 0 Å². The average molecular weight is 503 g/mol. The molecule has 0 aliphatic heterocycles. The molecule has 2 rings (SSSR count). The van der Waals surface area contributed by atoms with Crippen LogP contribution in [0.2, 0.25) is 0 Å². The molecule has 0 fully saturated rings. The summed E-state index contributed by atoms with van der Waals surface area (Å²) < 4.78 is 19.9. The summed E-state index contributed by atoms with van der Waals surface area (Å²) in [5.41, 5.74) is 3.94. The molecule has 0 saturated carbocycles. The summed E-state index contributed by atoms with van der Waals surface area (Å²) in [6.07, 6.45) is 0.960. The van der Waals surface area contributed by atoms with Crippen LogP contribution in [-0.4, -0.2) is 85.1 Å². The van der Waals surface area contributed by atoms with Crippen molar-refractivity contribution in [1.82, 2.24) is 19.4 Å². The second-order valence-electron chi connectivity index (χ2n) is 8.98. The highest BCUT2D eigenvalue weighted by atomic mass is 32.2. The van der Waals surface area contributed by atoms with Crippen molar-refractivity contribution in [3.05, 3.63) is 58.7 Å². The van der Waals surface area contributed by atoms with Gasteiger partial charge in [-0.05, 0) is 68.8 Å². The Bertz CT molecular complexity index is 1020. The summed E-state index contributed by atoms with van der Waals surface area (Å²) in [7, 11) is 7.62. The highest BCUT2D eigenvalue weighted by molar-refractivity contribution is 7.82. The number of likely N-dealkylation sites (N-methyl/N-ethyl adjacent to an activating group) is 3. The number of rotatable bonds is 11. The zero-order chi connectivity index (χ0) is 26.1. The highest BCUT2D eigenvalue weighted by Crippen LogP contribution is 2.25. The Morgan fingerprint density at radius 1 is 0.943 bits per heavy atom. The third-order valence-corrected chi connectivity index (χ3v) is 7.41. The number of nitrogens with zero attached hydrogens (tertiary/aromatic N) is 3. The van der Waals surface area contributed by atoms with E-state index in [1.54, 1.807) is 25.5 Å². The third-order valence-electron chi connectivity index (χ3n) is 5.67. The molecule has 35 heavy (non-hydrogen) atoms. The molecule has 9 heteroatoms. The largest absolute Gasteiger partial charge is 0.497 e. The monoisotopic (exact) mass is 502 g/mol. The van der Waals surface area contributed by atoms with Gasteiger partial charge in [0, 0.05) is 40.3 Å². The molecule has 0 spiro atoms. The molecule has 0 radical (unpaired) electrons. The van der Waals surface area contributed by atoms with Crippen molar-refractivity contribution in [3.63, 3.8) is 0 Å². The minimum Gasteiger partial charge on any atom is -0.497 e. The fourth-order valence-electron chi connectivity index (χ4n) is 3.63. The Balaban J connectivity index is 1.84. The maximum Gasteiger partial charge on any atom is 0.311 e. The maximum atomic E-state index is 13.0. The quantitative estimate of drug-likeness (QED) is 0.476. The molecule has 0 bridgehead atoms. The number of aryl methyl sites for hydroxylation is 2. The molecule has 1 atom stereocenters. The summed E-state index contributed by atoms with van der Waals surface area (Å²) in [6.45, 7) is 5.64. The molecule has 8 nitrogen and oxygen atoms in total. The molecule has 0 heterocycles. The lowest BCUT2D eigenvalue weighted by Crippen LogP contribution is -2.43. The first-order chi connectivity index (χ1) is 16.5. The zero-order valence-corrected chi connectivity index (χ0v) is 22.7. The van der Waals surface area contributed by atoms with Crippen LogP contribution in [0, 0.1) is 13.8 Å². The van der Waals surface area contributed by atoms with Gasteiger partial charge in [-0.15, -0.1) is 0 Å². The van der Waals surface area contributed by atoms with Crippen LogP contribution < -0.4 is 10.1 Å². The van der Waals surface area contributed by atoms with E-state index in [0.717, 1.165) is 40.3 Å². The number of benzene rings is 2. The van der Waals surface area contributed by atoms with Gasteiger partial charge in [0.2, 0.25) is 0 Å². The molecular formula is C26H38N4O4S. The zero-order valence-electron chi connectivity index (χ0n) is 21.9. The number of amides is 2. The van der Waals surface area contributed by atoms with E-state index in [0.29, 0.717) is 13.1 Å². The molecule has 0 aliphatic carbocycles. The van der Waals surface area contributed by atoms with Gasteiger partial charge in [-0.1, -0.05) is 24.3 Å². The van der Waals surface area contributed by atoms with E-state index in [4.69, 9.17) is 4.74 Å². The van der Waals surface area contributed by atoms with Gasteiger partial charge in [-0.2, -0.15) is 0 Å². The van der Waals surface area contributed by atoms with Gasteiger partial charge < -0.3 is 19.9 Å². The Kier molecular flexibility index (Phi) is 10.9. The van der Waals surface area contributed by atoms with Crippen LogP contribution in [-0.2, 0) is 33.5 Å². The van der Waals surface area contributed by atoms with E-state index < -0.39 is 22.8 Å². The molecular weight excluding hydrogens is 464 g/mol. The maximum absolute atomic E-state index is 13.0. The number of carbonyl (C=O) groups is 2. The summed E-state index contributed by atoms with van der Waals surface area (Å²) >= 11 is 0. The minimum atomic E-state index is -1.40. The highest BCUT2D eigenvalue weighted by Gasteiger charge is 2.20. The van der Waals surface area contributed by atoms with Gasteiger partial charge in [0.25, 0.3) is 0 Å². The van der Waals surface area contributed by atoms with E-state index in [-0.39, 0.29) is 6.54 Å². The second-order valence-corrected chi connectivity index (χ2v) is 10.5. The standard InChI is InChI=1S/C26H38N4O4S/c1-19-16-23(34-7)17-20(2)24(19)35(33)30(6)15-13-27-25(31)26(32)29(5)18-22-10-8-21(9-11-22)12-14-28(3)4/h8-11,16-17H,12-15,18H2,1-7H3,(H,27,31). The lowest BCUT2D eigenvalue weighted by molar-refractivity contribution is -0.145. The van der Waals surface area contributed by atoms with Gasteiger partial charge in [0.05, 0.1) is 12.0 Å². The van der Waals surface area contributed by atoms with Crippen LogP contribution in [0.4, 0.5) is 0 Å². The van der Waals surface area contributed by atoms with Crippen molar-refractivity contribution < 1.29 is 18.5 Å². The first-order valence-electron chi connectivity index (χ1n) is 11.6. The Morgan fingerprint density at radius 2 is 1.51 bits per heavy atom. The molecule has 1 N–H and O–H groups in total. The smallest absolute Gasteiger partial charge is 0.311 e. The normalized spacial score (nSPS) is 12.0. The number of hydrogen-bond acceptors (Lipinski definition) is 5. The van der Waals surface area contributed by atoms with Crippen molar-refractivity contribution in [2.45, 2.75) is 31.7 Å². The predicted molar refractivity (Wildman–Crippen MR) is 140 cm³/mol. The van der Waals surface area contributed by atoms with Crippen LogP contribution in [0.3, 0.4) is 0 Å². The first-order valence-corrected chi connectivity index (χ1v) is 12.7. The summed E-state index contributed by atoms with van der Waals surface area (Å²) in [6, 6.07) is 11.8. The van der Waals surface area contributed by atoms with Crippen molar-refractivity contribution in [2.75, 3.05) is 54.9 Å². The van der Waals surface area contributed by atoms with E-state index in [9.17, 15) is 13.8 Å². The molecule has 0 aromatic heterocycles.